The lowest BCUT2D eigenvalue weighted by molar-refractivity contribution is 0.755. The molecule has 1 saturated carbocycles. The van der Waals surface area contributed by atoms with Gasteiger partial charge in [0.25, 0.3) is 0 Å². The minimum Gasteiger partial charge on any atom is -0.399 e. The van der Waals surface area contributed by atoms with Gasteiger partial charge in [0, 0.05) is 16.2 Å². The van der Waals surface area contributed by atoms with Crippen LogP contribution in [0.2, 0.25) is 5.02 Å². The summed E-state index contributed by atoms with van der Waals surface area (Å²) in [6.07, 6.45) is 5.07. The van der Waals surface area contributed by atoms with Gasteiger partial charge >= 0.3 is 0 Å². The van der Waals surface area contributed by atoms with E-state index in [9.17, 15) is 0 Å². The number of halogens is 2. The lowest BCUT2D eigenvalue weighted by Gasteiger charge is -2.16. The maximum absolute atomic E-state index is 6.14. The van der Waals surface area contributed by atoms with E-state index < -0.39 is 0 Å². The summed E-state index contributed by atoms with van der Waals surface area (Å²) in [6, 6.07) is 4.22. The smallest absolute Gasteiger partial charge is 0.0677 e. The second-order valence-corrected chi connectivity index (χ2v) is 5.25. The number of nitrogens with two attached hydrogens (primary N) is 1. The largest absolute Gasteiger partial charge is 0.399 e. The average Bonchev–Trinajstić information content (AvgIpc) is 2.63. The van der Waals surface area contributed by atoms with Gasteiger partial charge in [-0.15, -0.1) is 0 Å². The van der Waals surface area contributed by atoms with Gasteiger partial charge in [0.05, 0.1) is 10.7 Å². The predicted octanol–water partition coefficient (Wildman–Crippen LogP) is 4.04. The maximum Gasteiger partial charge on any atom is 0.0677 e. The molecule has 0 amide bonds. The summed E-state index contributed by atoms with van der Waals surface area (Å²) in [5.74, 6) is 0. The highest BCUT2D eigenvalue weighted by molar-refractivity contribution is 9.10. The van der Waals surface area contributed by atoms with Crippen molar-refractivity contribution in [3.05, 3.63) is 21.6 Å². The lowest BCUT2D eigenvalue weighted by atomic mass is 10.2. The van der Waals surface area contributed by atoms with Gasteiger partial charge in [-0.1, -0.05) is 24.4 Å². The second-order valence-electron chi connectivity index (χ2n) is 3.99. The van der Waals surface area contributed by atoms with Gasteiger partial charge in [-0.05, 0) is 40.9 Å². The zero-order chi connectivity index (χ0) is 10.8. The molecule has 15 heavy (non-hydrogen) atoms. The summed E-state index contributed by atoms with van der Waals surface area (Å²) >= 11 is 9.62. The van der Waals surface area contributed by atoms with Crippen molar-refractivity contribution in [2.24, 2.45) is 0 Å². The summed E-state index contributed by atoms with van der Waals surface area (Å²) in [6.45, 7) is 0. The zero-order valence-electron chi connectivity index (χ0n) is 8.39. The van der Waals surface area contributed by atoms with Crippen LogP contribution in [0.3, 0.4) is 0 Å². The van der Waals surface area contributed by atoms with Crippen molar-refractivity contribution in [1.29, 1.82) is 0 Å². The molecule has 3 N–H and O–H groups in total. The molecule has 1 aliphatic rings. The summed E-state index contributed by atoms with van der Waals surface area (Å²) in [5, 5.41) is 4.16. The Labute approximate surface area is 103 Å². The standard InChI is InChI=1S/C11H14BrClN2/c12-9-5-7(14)6-10(13)11(9)15-8-3-1-2-4-8/h5-6,8,15H,1-4,14H2. The molecule has 0 unspecified atom stereocenters. The number of rotatable bonds is 2. The third-order valence-corrected chi connectivity index (χ3v) is 3.69. The minimum absolute atomic E-state index is 0.558. The zero-order valence-corrected chi connectivity index (χ0v) is 10.7. The first kappa shape index (κ1) is 11.1. The maximum atomic E-state index is 6.14. The second kappa shape index (κ2) is 4.62. The van der Waals surface area contributed by atoms with Crippen molar-refractivity contribution in [2.75, 3.05) is 11.1 Å². The fourth-order valence-electron chi connectivity index (χ4n) is 2.00. The number of benzene rings is 1. The van der Waals surface area contributed by atoms with Crippen molar-refractivity contribution >= 4 is 38.9 Å². The van der Waals surface area contributed by atoms with Crippen LogP contribution >= 0.6 is 27.5 Å². The van der Waals surface area contributed by atoms with Crippen molar-refractivity contribution in [1.82, 2.24) is 0 Å². The van der Waals surface area contributed by atoms with Gasteiger partial charge in [-0.2, -0.15) is 0 Å². The van der Waals surface area contributed by atoms with Crippen LogP contribution in [-0.2, 0) is 0 Å². The average molecular weight is 290 g/mol. The van der Waals surface area contributed by atoms with E-state index in [1.54, 1.807) is 6.07 Å². The number of nitrogen functional groups attached to an aromatic ring is 1. The molecule has 2 rings (SSSR count). The molecule has 0 atom stereocenters. The van der Waals surface area contributed by atoms with E-state index in [-0.39, 0.29) is 0 Å². The van der Waals surface area contributed by atoms with Gasteiger partial charge in [0.1, 0.15) is 0 Å². The Morgan fingerprint density at radius 3 is 2.60 bits per heavy atom. The van der Waals surface area contributed by atoms with Crippen LogP contribution in [-0.4, -0.2) is 6.04 Å². The third kappa shape index (κ3) is 2.58. The highest BCUT2D eigenvalue weighted by Crippen LogP contribution is 2.35. The van der Waals surface area contributed by atoms with Crippen molar-refractivity contribution in [3.8, 4) is 0 Å². The van der Waals surface area contributed by atoms with Crippen LogP contribution in [0.5, 0.6) is 0 Å². The molecule has 0 heterocycles. The van der Waals surface area contributed by atoms with Crippen LogP contribution in [0.4, 0.5) is 11.4 Å². The monoisotopic (exact) mass is 288 g/mol. The minimum atomic E-state index is 0.558. The lowest BCUT2D eigenvalue weighted by Crippen LogP contribution is -2.15. The highest BCUT2D eigenvalue weighted by Gasteiger charge is 2.17. The van der Waals surface area contributed by atoms with Crippen LogP contribution in [0.1, 0.15) is 25.7 Å². The Kier molecular flexibility index (Phi) is 3.42. The number of hydrogen-bond acceptors (Lipinski definition) is 2. The Bertz CT molecular complexity index is 339. The Morgan fingerprint density at radius 1 is 1.33 bits per heavy atom. The Morgan fingerprint density at radius 2 is 2.00 bits per heavy atom. The first-order valence-corrected chi connectivity index (χ1v) is 6.35. The molecule has 1 fully saturated rings. The molecule has 1 aromatic carbocycles. The third-order valence-electron chi connectivity index (χ3n) is 2.77. The molecule has 0 bridgehead atoms. The van der Waals surface area contributed by atoms with E-state index >= 15 is 0 Å². The van der Waals surface area contributed by atoms with Gasteiger partial charge in [-0.25, -0.2) is 0 Å². The molecule has 2 nitrogen and oxygen atoms in total. The predicted molar refractivity (Wildman–Crippen MR) is 69.4 cm³/mol. The first-order valence-electron chi connectivity index (χ1n) is 5.18. The van der Waals surface area contributed by atoms with Gasteiger partial charge in [0.2, 0.25) is 0 Å². The van der Waals surface area contributed by atoms with E-state index in [2.05, 4.69) is 21.2 Å². The fourth-order valence-corrected chi connectivity index (χ4v) is 2.99. The molecular weight excluding hydrogens is 275 g/mol. The first-order chi connectivity index (χ1) is 7.16. The molecule has 0 aliphatic heterocycles. The van der Waals surface area contributed by atoms with E-state index in [1.807, 2.05) is 6.07 Å². The summed E-state index contributed by atoms with van der Waals surface area (Å²) in [4.78, 5) is 0. The molecule has 0 aromatic heterocycles. The normalized spacial score (nSPS) is 16.9. The van der Waals surface area contributed by atoms with Crippen LogP contribution in [0, 0.1) is 0 Å². The Balaban J connectivity index is 2.19. The number of nitrogens with one attached hydrogen (secondary N) is 1. The molecule has 1 aliphatic carbocycles. The summed E-state index contributed by atoms with van der Waals surface area (Å²) < 4.78 is 0.944. The molecule has 0 spiro atoms. The van der Waals surface area contributed by atoms with Crippen molar-refractivity contribution in [3.63, 3.8) is 0 Å². The van der Waals surface area contributed by atoms with Crippen molar-refractivity contribution < 1.29 is 0 Å². The van der Waals surface area contributed by atoms with Gasteiger partial charge in [0.15, 0.2) is 0 Å². The SMILES string of the molecule is Nc1cc(Cl)c(NC2CCCC2)c(Br)c1. The molecule has 0 radical (unpaired) electrons. The number of anilines is 2. The van der Waals surface area contributed by atoms with Crippen LogP contribution in [0.25, 0.3) is 0 Å². The van der Waals surface area contributed by atoms with E-state index in [0.717, 1.165) is 10.2 Å². The van der Waals surface area contributed by atoms with Crippen molar-refractivity contribution in [2.45, 2.75) is 31.7 Å². The Hall–Kier alpha value is -0.410. The van der Waals surface area contributed by atoms with E-state index in [0.29, 0.717) is 16.8 Å². The number of hydrogen-bond donors (Lipinski definition) is 2. The van der Waals surface area contributed by atoms with Crippen LogP contribution < -0.4 is 11.1 Å². The molecular formula is C11H14BrClN2. The molecule has 0 saturated heterocycles. The molecule has 1 aromatic rings. The summed E-state index contributed by atoms with van der Waals surface area (Å²) in [5.41, 5.74) is 7.35. The molecule has 4 heteroatoms. The van der Waals surface area contributed by atoms with Crippen LogP contribution in [0.15, 0.2) is 16.6 Å². The quantitative estimate of drug-likeness (QED) is 0.806. The summed E-state index contributed by atoms with van der Waals surface area (Å²) in [7, 11) is 0. The van der Waals surface area contributed by atoms with E-state index in [4.69, 9.17) is 17.3 Å². The molecule has 82 valence electrons. The van der Waals surface area contributed by atoms with Gasteiger partial charge < -0.3 is 11.1 Å². The fraction of sp³-hybridized carbons (Fsp3) is 0.455. The van der Waals surface area contributed by atoms with E-state index in [1.165, 1.54) is 25.7 Å². The topological polar surface area (TPSA) is 38.0 Å². The highest BCUT2D eigenvalue weighted by atomic mass is 79.9. The van der Waals surface area contributed by atoms with Gasteiger partial charge in [-0.3, -0.25) is 0 Å².